The summed E-state index contributed by atoms with van der Waals surface area (Å²) < 4.78 is 8.58. The third-order valence-corrected chi connectivity index (χ3v) is 5.41. The molecule has 1 aromatic carbocycles. The number of carbonyl (C=O) groups is 1. The molecule has 2 heterocycles. The highest BCUT2D eigenvalue weighted by molar-refractivity contribution is 9.10. The summed E-state index contributed by atoms with van der Waals surface area (Å²) in [6.45, 7) is 6.89. The molecule has 0 bridgehead atoms. The molecule has 142 valence electrons. The van der Waals surface area contributed by atoms with E-state index in [0.717, 1.165) is 39.9 Å². The summed E-state index contributed by atoms with van der Waals surface area (Å²) >= 11 is 3.55. The molecule has 1 N–H and O–H groups in total. The number of hydrogen-bond donors (Lipinski definition) is 1. The van der Waals surface area contributed by atoms with Gasteiger partial charge in [-0.25, -0.2) is 0 Å². The van der Waals surface area contributed by atoms with Crippen molar-refractivity contribution >= 4 is 27.7 Å². The molecule has 2 aliphatic rings. The topological polar surface area (TPSA) is 81.9 Å². The number of benzene rings is 1. The standard InChI is InChI=1S/C19H22BrN5O2/c1-4-7-27-15-6-5-11(20)8-12(15)17-16-13(9-19(2,3)10-14(16)26)21-18-22-23-24-25(17)18/h5-6,8,17H,4,7,9-10H2,1-3H3,(H,21,22,24). The van der Waals surface area contributed by atoms with E-state index in [0.29, 0.717) is 19.0 Å². The van der Waals surface area contributed by atoms with Gasteiger partial charge < -0.3 is 10.1 Å². The molecule has 7 nitrogen and oxygen atoms in total. The summed E-state index contributed by atoms with van der Waals surface area (Å²) in [6, 6.07) is 5.46. The van der Waals surface area contributed by atoms with Crippen LogP contribution in [0.2, 0.25) is 0 Å². The van der Waals surface area contributed by atoms with Gasteiger partial charge in [0.15, 0.2) is 5.78 Å². The zero-order valence-electron chi connectivity index (χ0n) is 15.6. The Morgan fingerprint density at radius 2 is 2.19 bits per heavy atom. The van der Waals surface area contributed by atoms with Gasteiger partial charge in [-0.1, -0.05) is 41.8 Å². The van der Waals surface area contributed by atoms with Crippen molar-refractivity contribution in [2.75, 3.05) is 11.9 Å². The predicted octanol–water partition coefficient (Wildman–Crippen LogP) is 3.88. The van der Waals surface area contributed by atoms with E-state index >= 15 is 0 Å². The molecule has 27 heavy (non-hydrogen) atoms. The number of allylic oxidation sites excluding steroid dienone is 2. The van der Waals surface area contributed by atoms with E-state index in [1.54, 1.807) is 4.68 Å². The predicted molar refractivity (Wildman–Crippen MR) is 105 cm³/mol. The van der Waals surface area contributed by atoms with Gasteiger partial charge in [-0.15, -0.1) is 0 Å². The highest BCUT2D eigenvalue weighted by Gasteiger charge is 2.42. The first-order valence-electron chi connectivity index (χ1n) is 9.13. The lowest BCUT2D eigenvalue weighted by atomic mass is 9.73. The molecular formula is C19H22BrN5O2. The minimum Gasteiger partial charge on any atom is -0.493 e. The first-order valence-corrected chi connectivity index (χ1v) is 9.92. The van der Waals surface area contributed by atoms with Gasteiger partial charge in [0.2, 0.25) is 5.95 Å². The SMILES string of the molecule is CCCOc1ccc(Br)cc1C1C2=C(CC(C)(C)CC2=O)Nc2nnnn21. The van der Waals surface area contributed by atoms with Crippen LogP contribution in [0.25, 0.3) is 0 Å². The number of tetrazole rings is 1. The molecule has 1 aromatic heterocycles. The third-order valence-electron chi connectivity index (χ3n) is 4.92. The second kappa shape index (κ2) is 6.74. The van der Waals surface area contributed by atoms with E-state index in [9.17, 15) is 4.79 Å². The first kappa shape index (κ1) is 18.2. The van der Waals surface area contributed by atoms with Crippen LogP contribution in [-0.4, -0.2) is 32.6 Å². The maximum absolute atomic E-state index is 13.1. The van der Waals surface area contributed by atoms with Crippen LogP contribution in [-0.2, 0) is 4.79 Å². The second-order valence-electron chi connectivity index (χ2n) is 7.84. The Labute approximate surface area is 166 Å². The van der Waals surface area contributed by atoms with Crippen LogP contribution in [0.3, 0.4) is 0 Å². The van der Waals surface area contributed by atoms with Crippen LogP contribution >= 0.6 is 15.9 Å². The van der Waals surface area contributed by atoms with Gasteiger partial charge in [-0.05, 0) is 46.9 Å². The molecule has 1 unspecified atom stereocenters. The monoisotopic (exact) mass is 431 g/mol. The number of fused-ring (bicyclic) bond motifs is 1. The highest BCUT2D eigenvalue weighted by atomic mass is 79.9. The van der Waals surface area contributed by atoms with E-state index < -0.39 is 6.04 Å². The van der Waals surface area contributed by atoms with Crippen molar-refractivity contribution in [3.8, 4) is 5.75 Å². The number of hydrogen-bond acceptors (Lipinski definition) is 6. The molecule has 0 saturated carbocycles. The zero-order chi connectivity index (χ0) is 19.2. The number of carbonyl (C=O) groups excluding carboxylic acids is 1. The van der Waals surface area contributed by atoms with Crippen molar-refractivity contribution in [1.29, 1.82) is 0 Å². The number of halogens is 1. The average molecular weight is 432 g/mol. The lowest BCUT2D eigenvalue weighted by Gasteiger charge is -2.38. The number of Topliss-reactive ketones (excluding diaryl/α,β-unsaturated/α-hetero) is 1. The van der Waals surface area contributed by atoms with Crippen molar-refractivity contribution in [2.45, 2.75) is 46.1 Å². The summed E-state index contributed by atoms with van der Waals surface area (Å²) in [5, 5.41) is 15.4. The summed E-state index contributed by atoms with van der Waals surface area (Å²) in [5.41, 5.74) is 2.43. The molecule has 0 saturated heterocycles. The zero-order valence-corrected chi connectivity index (χ0v) is 17.2. The third kappa shape index (κ3) is 3.26. The number of nitrogens with zero attached hydrogens (tertiary/aromatic N) is 4. The van der Waals surface area contributed by atoms with Crippen LogP contribution in [0.1, 0.15) is 51.6 Å². The Morgan fingerprint density at radius 3 is 2.96 bits per heavy atom. The molecule has 0 radical (unpaired) electrons. The highest BCUT2D eigenvalue weighted by Crippen LogP contribution is 2.46. The average Bonchev–Trinajstić information content (AvgIpc) is 3.05. The molecule has 8 heteroatoms. The van der Waals surface area contributed by atoms with Crippen molar-refractivity contribution in [3.63, 3.8) is 0 Å². The molecule has 0 fully saturated rings. The van der Waals surface area contributed by atoms with Crippen molar-refractivity contribution in [2.24, 2.45) is 5.41 Å². The van der Waals surface area contributed by atoms with Gasteiger partial charge >= 0.3 is 0 Å². The molecular weight excluding hydrogens is 410 g/mol. The van der Waals surface area contributed by atoms with E-state index in [1.807, 2.05) is 18.2 Å². The fraction of sp³-hybridized carbons (Fsp3) is 0.474. The van der Waals surface area contributed by atoms with Crippen molar-refractivity contribution in [1.82, 2.24) is 20.2 Å². The van der Waals surface area contributed by atoms with Gasteiger partial charge in [0.1, 0.15) is 11.8 Å². The van der Waals surface area contributed by atoms with Gasteiger partial charge in [-0.2, -0.15) is 4.68 Å². The Kier molecular flexibility index (Phi) is 4.53. The van der Waals surface area contributed by atoms with Crippen LogP contribution in [0.5, 0.6) is 5.75 Å². The number of rotatable bonds is 4. The van der Waals surface area contributed by atoms with Gasteiger partial charge in [0.25, 0.3) is 0 Å². The second-order valence-corrected chi connectivity index (χ2v) is 8.75. The molecule has 0 amide bonds. The van der Waals surface area contributed by atoms with E-state index in [1.165, 1.54) is 0 Å². The summed E-state index contributed by atoms with van der Waals surface area (Å²) in [6.07, 6.45) is 2.18. The minimum absolute atomic E-state index is 0.0953. The lowest BCUT2D eigenvalue weighted by Crippen LogP contribution is -2.36. The van der Waals surface area contributed by atoms with Crippen molar-refractivity contribution in [3.05, 3.63) is 39.5 Å². The number of aromatic nitrogens is 4. The molecule has 1 aliphatic carbocycles. The summed E-state index contributed by atoms with van der Waals surface area (Å²) in [5.74, 6) is 1.42. The Bertz CT molecular complexity index is 934. The number of ketones is 1. The molecule has 0 spiro atoms. The Balaban J connectivity index is 1.90. The lowest BCUT2D eigenvalue weighted by molar-refractivity contribution is -0.118. The van der Waals surface area contributed by atoms with Gasteiger partial charge in [0.05, 0.1) is 6.61 Å². The van der Waals surface area contributed by atoms with Crippen LogP contribution in [0, 0.1) is 5.41 Å². The molecule has 4 rings (SSSR count). The number of anilines is 1. The molecule has 1 aliphatic heterocycles. The fourth-order valence-electron chi connectivity index (χ4n) is 3.83. The normalized spacial score (nSPS) is 20.7. The quantitative estimate of drug-likeness (QED) is 0.790. The molecule has 1 atom stereocenters. The van der Waals surface area contributed by atoms with Gasteiger partial charge in [-0.3, -0.25) is 4.79 Å². The fourth-order valence-corrected chi connectivity index (χ4v) is 4.21. The summed E-state index contributed by atoms with van der Waals surface area (Å²) in [4.78, 5) is 13.1. The summed E-state index contributed by atoms with van der Waals surface area (Å²) in [7, 11) is 0. The van der Waals surface area contributed by atoms with Crippen molar-refractivity contribution < 1.29 is 9.53 Å². The van der Waals surface area contributed by atoms with Crippen LogP contribution in [0.15, 0.2) is 33.9 Å². The maximum atomic E-state index is 13.1. The van der Waals surface area contributed by atoms with E-state index in [2.05, 4.69) is 57.5 Å². The maximum Gasteiger partial charge on any atom is 0.248 e. The first-order chi connectivity index (χ1) is 12.9. The number of ether oxygens (including phenoxy) is 1. The van der Waals surface area contributed by atoms with Crippen LogP contribution < -0.4 is 10.1 Å². The van der Waals surface area contributed by atoms with E-state index in [-0.39, 0.29) is 11.2 Å². The Hall–Kier alpha value is -2.22. The van der Waals surface area contributed by atoms with E-state index in [4.69, 9.17) is 4.74 Å². The Morgan fingerprint density at radius 1 is 1.37 bits per heavy atom. The van der Waals surface area contributed by atoms with Crippen LogP contribution in [0.4, 0.5) is 5.95 Å². The largest absolute Gasteiger partial charge is 0.493 e. The smallest absolute Gasteiger partial charge is 0.248 e. The van der Waals surface area contributed by atoms with Gasteiger partial charge in [0, 0.05) is 27.7 Å². The minimum atomic E-state index is -0.404. The number of nitrogens with one attached hydrogen (secondary N) is 1. The molecule has 2 aromatic rings.